The second kappa shape index (κ2) is 5.64. The Labute approximate surface area is 121 Å². The molecule has 2 N–H and O–H groups in total. The minimum atomic E-state index is -0.391. The van der Waals surface area contributed by atoms with Crippen LogP contribution in [0.3, 0.4) is 0 Å². The average molecular weight is 288 g/mol. The van der Waals surface area contributed by atoms with Crippen LogP contribution in [0.5, 0.6) is 0 Å². The van der Waals surface area contributed by atoms with E-state index in [1.54, 1.807) is 16.2 Å². The van der Waals surface area contributed by atoms with Crippen LogP contribution in [0.4, 0.5) is 10.5 Å². The van der Waals surface area contributed by atoms with E-state index in [0.29, 0.717) is 19.5 Å². The van der Waals surface area contributed by atoms with Gasteiger partial charge in [-0.25, -0.2) is 4.79 Å². The fourth-order valence-electron chi connectivity index (χ4n) is 2.32. The minimum Gasteiger partial charge on any atom is -0.391 e. The molecule has 1 saturated heterocycles. The average Bonchev–Trinajstić information content (AvgIpc) is 3.10. The van der Waals surface area contributed by atoms with Crippen molar-refractivity contribution in [2.75, 3.05) is 18.4 Å². The maximum Gasteiger partial charge on any atom is 0.321 e. The van der Waals surface area contributed by atoms with Gasteiger partial charge in [0.1, 0.15) is 0 Å². The molecular weight excluding hydrogens is 272 g/mol. The molecule has 3 rings (SSSR count). The van der Waals surface area contributed by atoms with Crippen LogP contribution in [-0.2, 0) is 0 Å². The molecule has 1 fully saturated rings. The lowest BCUT2D eigenvalue weighted by Gasteiger charge is -2.16. The lowest BCUT2D eigenvalue weighted by Crippen LogP contribution is -2.33. The number of thiophene rings is 1. The Hall–Kier alpha value is -1.85. The van der Waals surface area contributed by atoms with Crippen LogP contribution in [0.2, 0.25) is 0 Å². The summed E-state index contributed by atoms with van der Waals surface area (Å²) in [5, 5.41) is 14.4. The van der Waals surface area contributed by atoms with E-state index in [1.807, 2.05) is 35.7 Å². The van der Waals surface area contributed by atoms with Crippen molar-refractivity contribution in [2.45, 2.75) is 12.5 Å². The summed E-state index contributed by atoms with van der Waals surface area (Å²) in [6.45, 7) is 1.02. The van der Waals surface area contributed by atoms with Gasteiger partial charge in [-0.2, -0.15) is 0 Å². The zero-order valence-electron chi connectivity index (χ0n) is 11.0. The predicted molar refractivity (Wildman–Crippen MR) is 81.0 cm³/mol. The molecule has 1 aliphatic heterocycles. The molecule has 1 aromatic carbocycles. The molecule has 4 nitrogen and oxygen atoms in total. The number of rotatable bonds is 2. The van der Waals surface area contributed by atoms with Crippen LogP contribution in [0.1, 0.15) is 6.42 Å². The molecule has 2 amide bonds. The maximum atomic E-state index is 12.1. The van der Waals surface area contributed by atoms with Gasteiger partial charge < -0.3 is 15.3 Å². The molecule has 0 spiro atoms. The van der Waals surface area contributed by atoms with Gasteiger partial charge in [0, 0.05) is 23.7 Å². The highest BCUT2D eigenvalue weighted by atomic mass is 32.1. The van der Waals surface area contributed by atoms with Crippen molar-refractivity contribution < 1.29 is 9.90 Å². The maximum absolute atomic E-state index is 12.1. The highest BCUT2D eigenvalue weighted by Crippen LogP contribution is 2.27. The van der Waals surface area contributed by atoms with E-state index in [-0.39, 0.29) is 6.03 Å². The van der Waals surface area contributed by atoms with Crippen LogP contribution >= 0.6 is 11.3 Å². The first-order chi connectivity index (χ1) is 9.72. The zero-order valence-corrected chi connectivity index (χ0v) is 11.8. The predicted octanol–water partition coefficient (Wildman–Crippen LogP) is 3.01. The summed E-state index contributed by atoms with van der Waals surface area (Å²) in [6.07, 6.45) is 0.265. The number of carbonyl (C=O) groups excluding carboxylic acids is 1. The Morgan fingerprint density at radius 3 is 2.95 bits per heavy atom. The molecule has 104 valence electrons. The Morgan fingerprint density at radius 1 is 1.35 bits per heavy atom. The van der Waals surface area contributed by atoms with E-state index in [2.05, 4.69) is 11.4 Å². The van der Waals surface area contributed by atoms with Gasteiger partial charge in [0.25, 0.3) is 0 Å². The van der Waals surface area contributed by atoms with Gasteiger partial charge >= 0.3 is 6.03 Å². The summed E-state index contributed by atoms with van der Waals surface area (Å²) in [5.41, 5.74) is 1.88. The summed E-state index contributed by atoms with van der Waals surface area (Å²) in [4.78, 5) is 14.9. The summed E-state index contributed by atoms with van der Waals surface area (Å²) in [5.74, 6) is 0. The van der Waals surface area contributed by atoms with Gasteiger partial charge in [-0.15, -0.1) is 11.3 Å². The third kappa shape index (κ3) is 2.84. The van der Waals surface area contributed by atoms with Crippen molar-refractivity contribution in [1.82, 2.24) is 4.90 Å². The van der Waals surface area contributed by atoms with E-state index in [1.165, 1.54) is 4.88 Å². The van der Waals surface area contributed by atoms with Crippen molar-refractivity contribution >= 4 is 23.1 Å². The second-order valence-corrected chi connectivity index (χ2v) is 5.82. The smallest absolute Gasteiger partial charge is 0.321 e. The van der Waals surface area contributed by atoms with Gasteiger partial charge in [0.2, 0.25) is 0 Å². The second-order valence-electron chi connectivity index (χ2n) is 4.88. The summed E-state index contributed by atoms with van der Waals surface area (Å²) in [6, 6.07) is 11.7. The minimum absolute atomic E-state index is 0.148. The zero-order chi connectivity index (χ0) is 13.9. The number of urea groups is 1. The molecule has 2 aromatic rings. The first-order valence-electron chi connectivity index (χ1n) is 6.60. The number of aliphatic hydroxyl groups is 1. The van der Waals surface area contributed by atoms with Gasteiger partial charge in [0.15, 0.2) is 0 Å². The van der Waals surface area contributed by atoms with Crippen molar-refractivity contribution in [3.05, 3.63) is 41.8 Å². The highest BCUT2D eigenvalue weighted by molar-refractivity contribution is 7.13. The molecule has 20 heavy (non-hydrogen) atoms. The summed E-state index contributed by atoms with van der Waals surface area (Å²) in [7, 11) is 0. The van der Waals surface area contributed by atoms with Crippen molar-refractivity contribution in [2.24, 2.45) is 0 Å². The van der Waals surface area contributed by atoms with E-state index in [0.717, 1.165) is 11.3 Å². The number of β-amino-alcohol motifs (C(OH)–C–C–N with tert-alkyl or cyclic N) is 1. The lowest BCUT2D eigenvalue weighted by atomic mass is 10.1. The molecule has 0 radical (unpaired) electrons. The quantitative estimate of drug-likeness (QED) is 0.892. The monoisotopic (exact) mass is 288 g/mol. The Bertz CT molecular complexity index is 598. The Morgan fingerprint density at radius 2 is 2.25 bits per heavy atom. The van der Waals surface area contributed by atoms with E-state index in [4.69, 9.17) is 0 Å². The molecule has 1 aromatic heterocycles. The molecule has 1 atom stereocenters. The largest absolute Gasteiger partial charge is 0.391 e. The molecule has 5 heteroatoms. The highest BCUT2D eigenvalue weighted by Gasteiger charge is 2.24. The number of hydrogen-bond acceptors (Lipinski definition) is 3. The van der Waals surface area contributed by atoms with Crippen molar-refractivity contribution in [3.8, 4) is 10.4 Å². The van der Waals surface area contributed by atoms with E-state index >= 15 is 0 Å². The molecule has 0 saturated carbocycles. The van der Waals surface area contributed by atoms with Crippen molar-refractivity contribution in [3.63, 3.8) is 0 Å². The van der Waals surface area contributed by atoms with Gasteiger partial charge in [-0.05, 0) is 35.6 Å². The molecule has 0 unspecified atom stereocenters. The van der Waals surface area contributed by atoms with Crippen molar-refractivity contribution in [1.29, 1.82) is 0 Å². The number of aliphatic hydroxyl groups excluding tert-OH is 1. The Balaban J connectivity index is 1.71. The van der Waals surface area contributed by atoms with Gasteiger partial charge in [-0.3, -0.25) is 0 Å². The third-order valence-electron chi connectivity index (χ3n) is 3.37. The van der Waals surface area contributed by atoms with Crippen LogP contribution in [0, 0.1) is 0 Å². The van der Waals surface area contributed by atoms with Crippen LogP contribution in [0.15, 0.2) is 41.8 Å². The molecule has 0 bridgehead atoms. The van der Waals surface area contributed by atoms with Crippen LogP contribution < -0.4 is 5.32 Å². The SMILES string of the molecule is O=C(Nc1cccc(-c2cccs2)c1)N1CC[C@@H](O)C1. The number of benzene rings is 1. The van der Waals surface area contributed by atoms with Gasteiger partial charge in [0.05, 0.1) is 6.10 Å². The number of carbonyl (C=O) groups is 1. The Kier molecular flexibility index (Phi) is 3.71. The summed E-state index contributed by atoms with van der Waals surface area (Å²) < 4.78 is 0. The molecule has 0 aliphatic carbocycles. The standard InChI is InChI=1S/C15H16N2O2S/c18-13-6-7-17(10-13)15(19)16-12-4-1-3-11(9-12)14-5-2-8-20-14/h1-5,8-9,13,18H,6-7,10H2,(H,16,19)/t13-/m1/s1. The van der Waals surface area contributed by atoms with E-state index in [9.17, 15) is 9.90 Å². The van der Waals surface area contributed by atoms with Gasteiger partial charge in [-0.1, -0.05) is 18.2 Å². The number of anilines is 1. The van der Waals surface area contributed by atoms with E-state index < -0.39 is 6.10 Å². The molecule has 2 heterocycles. The lowest BCUT2D eigenvalue weighted by molar-refractivity contribution is 0.176. The fourth-order valence-corrected chi connectivity index (χ4v) is 3.05. The topological polar surface area (TPSA) is 52.6 Å². The number of amides is 2. The molecular formula is C15H16N2O2S. The number of nitrogens with zero attached hydrogens (tertiary/aromatic N) is 1. The number of hydrogen-bond donors (Lipinski definition) is 2. The van der Waals surface area contributed by atoms with Crippen LogP contribution in [0.25, 0.3) is 10.4 Å². The first kappa shape index (κ1) is 13.1. The number of nitrogens with one attached hydrogen (secondary N) is 1. The van der Waals surface area contributed by atoms with Crippen LogP contribution in [-0.4, -0.2) is 35.2 Å². The summed E-state index contributed by atoms with van der Waals surface area (Å²) >= 11 is 1.67. The normalized spacial score (nSPS) is 18.2. The first-order valence-corrected chi connectivity index (χ1v) is 7.48. The molecule has 1 aliphatic rings. The number of likely N-dealkylation sites (tertiary alicyclic amines) is 1. The fraction of sp³-hybridized carbons (Fsp3) is 0.267. The third-order valence-corrected chi connectivity index (χ3v) is 4.29.